The molecular formula is C21H21BrN2O4S2. The van der Waals surface area contributed by atoms with Gasteiger partial charge >= 0.3 is 11.2 Å². The van der Waals surface area contributed by atoms with Crippen molar-refractivity contribution in [3.63, 3.8) is 0 Å². The number of rotatable bonds is 9. The van der Waals surface area contributed by atoms with E-state index in [9.17, 15) is 14.4 Å². The molecule has 158 valence electrons. The van der Waals surface area contributed by atoms with E-state index in [2.05, 4.69) is 15.9 Å². The second-order valence-electron chi connectivity index (χ2n) is 6.56. The van der Waals surface area contributed by atoms with Crippen molar-refractivity contribution >= 4 is 56.0 Å². The third-order valence-corrected chi connectivity index (χ3v) is 6.74. The van der Waals surface area contributed by atoms with Gasteiger partial charge in [0.1, 0.15) is 10.7 Å². The van der Waals surface area contributed by atoms with E-state index in [0.29, 0.717) is 37.2 Å². The minimum absolute atomic E-state index is 0.0818. The van der Waals surface area contributed by atoms with Crippen molar-refractivity contribution in [1.29, 1.82) is 0 Å². The first-order chi connectivity index (χ1) is 14.5. The number of hydrogen-bond acceptors (Lipinski definition) is 7. The van der Waals surface area contributed by atoms with Gasteiger partial charge < -0.3 is 4.74 Å². The Kier molecular flexibility index (Phi) is 8.12. The Hall–Kier alpha value is -2.10. The van der Waals surface area contributed by atoms with Gasteiger partial charge in [0.05, 0.1) is 7.11 Å². The van der Waals surface area contributed by atoms with E-state index in [1.165, 1.54) is 18.4 Å². The Balaban J connectivity index is 1.55. The lowest BCUT2D eigenvalue weighted by atomic mass is 10.1. The average molecular weight is 509 g/mol. The zero-order chi connectivity index (χ0) is 21.5. The van der Waals surface area contributed by atoms with E-state index in [-0.39, 0.29) is 17.0 Å². The summed E-state index contributed by atoms with van der Waals surface area (Å²) >= 11 is 5.90. The number of carbonyl (C=O) groups is 3. The topological polar surface area (TPSA) is 66.9 Å². The second-order valence-corrected chi connectivity index (χ2v) is 9.50. The summed E-state index contributed by atoms with van der Waals surface area (Å²) in [5, 5.41) is 5.10. The van der Waals surface area contributed by atoms with Crippen molar-refractivity contribution in [1.82, 2.24) is 10.0 Å². The van der Waals surface area contributed by atoms with Gasteiger partial charge in [0, 0.05) is 47.9 Å². The van der Waals surface area contributed by atoms with E-state index in [4.69, 9.17) is 4.74 Å². The van der Waals surface area contributed by atoms with Crippen molar-refractivity contribution in [3.8, 4) is 0 Å². The Labute approximate surface area is 192 Å². The van der Waals surface area contributed by atoms with Gasteiger partial charge in [0.2, 0.25) is 0 Å². The standard InChI is InChI=1S/C21H21BrN2O4S2/c1-28-20(26)19-6-5-18(30-19)8-10-24-21(27)29-12-11-23(24)9-7-17(25)14-15-3-2-4-16(22)13-15/h2-6,11-13H,7-10,14H2,1H3. The van der Waals surface area contributed by atoms with Crippen LogP contribution in [0.5, 0.6) is 0 Å². The molecule has 0 N–H and O–H groups in total. The lowest BCUT2D eigenvalue weighted by Gasteiger charge is -2.35. The van der Waals surface area contributed by atoms with Crippen LogP contribution in [-0.2, 0) is 22.4 Å². The molecule has 0 aliphatic carbocycles. The summed E-state index contributed by atoms with van der Waals surface area (Å²) < 4.78 is 5.68. The van der Waals surface area contributed by atoms with E-state index in [0.717, 1.165) is 26.7 Å². The van der Waals surface area contributed by atoms with Gasteiger partial charge in [-0.25, -0.2) is 9.80 Å². The summed E-state index contributed by atoms with van der Waals surface area (Å²) in [6, 6.07) is 11.3. The van der Waals surface area contributed by atoms with Crippen LogP contribution in [0.1, 0.15) is 26.5 Å². The molecule has 0 bridgehead atoms. The highest BCUT2D eigenvalue weighted by Gasteiger charge is 2.23. The van der Waals surface area contributed by atoms with E-state index in [1.54, 1.807) is 21.5 Å². The quantitative estimate of drug-likeness (QED) is 0.448. The zero-order valence-corrected chi connectivity index (χ0v) is 19.6. The van der Waals surface area contributed by atoms with Crippen molar-refractivity contribution in [2.24, 2.45) is 0 Å². The molecule has 0 unspecified atom stereocenters. The fraction of sp³-hybridized carbons (Fsp3) is 0.286. The number of thiophene rings is 1. The van der Waals surface area contributed by atoms with Crippen LogP contribution >= 0.6 is 39.0 Å². The maximum absolute atomic E-state index is 12.4. The number of esters is 1. The summed E-state index contributed by atoms with van der Waals surface area (Å²) in [5.74, 6) is -0.238. The SMILES string of the molecule is COC(=O)c1ccc(CCN2C(=O)SC=CN2CCC(=O)Cc2cccc(Br)c2)s1. The fourth-order valence-corrected chi connectivity index (χ4v) is 4.96. The number of thioether (sulfide) groups is 1. The third kappa shape index (κ3) is 6.20. The number of nitrogens with zero attached hydrogens (tertiary/aromatic N) is 2. The molecule has 6 nitrogen and oxygen atoms in total. The number of halogens is 1. The second kappa shape index (κ2) is 10.8. The van der Waals surface area contributed by atoms with Crippen molar-refractivity contribution in [2.75, 3.05) is 20.2 Å². The first-order valence-corrected chi connectivity index (χ1v) is 11.8. The number of carbonyl (C=O) groups excluding carboxylic acids is 3. The van der Waals surface area contributed by atoms with Crippen molar-refractivity contribution < 1.29 is 19.1 Å². The number of hydrazine groups is 1. The molecule has 1 amide bonds. The highest BCUT2D eigenvalue weighted by Crippen LogP contribution is 2.23. The Bertz CT molecular complexity index is 960. The first-order valence-electron chi connectivity index (χ1n) is 9.31. The Morgan fingerprint density at radius 3 is 2.77 bits per heavy atom. The van der Waals surface area contributed by atoms with Gasteiger partial charge in [0.15, 0.2) is 0 Å². The number of ketones is 1. The summed E-state index contributed by atoms with van der Waals surface area (Å²) in [5.41, 5.74) is 0.964. The molecule has 0 saturated heterocycles. The van der Waals surface area contributed by atoms with Crippen LogP contribution in [0.2, 0.25) is 0 Å². The smallest absolute Gasteiger partial charge is 0.348 e. The minimum Gasteiger partial charge on any atom is -0.465 e. The van der Waals surface area contributed by atoms with Crippen LogP contribution in [0.4, 0.5) is 4.79 Å². The average Bonchev–Trinajstić information content (AvgIpc) is 3.20. The summed E-state index contributed by atoms with van der Waals surface area (Å²) in [4.78, 5) is 37.9. The predicted molar refractivity (Wildman–Crippen MR) is 122 cm³/mol. The van der Waals surface area contributed by atoms with E-state index >= 15 is 0 Å². The Morgan fingerprint density at radius 1 is 1.17 bits per heavy atom. The van der Waals surface area contributed by atoms with Crippen LogP contribution < -0.4 is 0 Å². The Morgan fingerprint density at radius 2 is 2.00 bits per heavy atom. The molecular weight excluding hydrogens is 488 g/mol. The van der Waals surface area contributed by atoms with Crippen LogP contribution in [0.15, 0.2) is 52.5 Å². The van der Waals surface area contributed by atoms with Gasteiger partial charge in [0.25, 0.3) is 0 Å². The number of Topliss-reactive ketones (excluding diaryl/α,β-unsaturated/α-hetero) is 1. The van der Waals surface area contributed by atoms with E-state index < -0.39 is 0 Å². The molecule has 1 aliphatic heterocycles. The third-order valence-electron chi connectivity index (χ3n) is 4.45. The highest BCUT2D eigenvalue weighted by molar-refractivity contribution is 9.10. The minimum atomic E-state index is -0.357. The predicted octanol–water partition coefficient (Wildman–Crippen LogP) is 4.90. The molecule has 2 aromatic rings. The van der Waals surface area contributed by atoms with Gasteiger partial charge in [-0.05, 0) is 47.0 Å². The van der Waals surface area contributed by atoms with Gasteiger partial charge in [-0.15, -0.1) is 11.3 Å². The molecule has 0 atom stereocenters. The summed E-state index contributed by atoms with van der Waals surface area (Å²) in [7, 11) is 1.35. The molecule has 0 fully saturated rings. The molecule has 1 aromatic carbocycles. The molecule has 9 heteroatoms. The maximum Gasteiger partial charge on any atom is 0.348 e. The van der Waals surface area contributed by atoms with Crippen molar-refractivity contribution in [2.45, 2.75) is 19.3 Å². The monoisotopic (exact) mass is 508 g/mol. The van der Waals surface area contributed by atoms with Crippen LogP contribution in [0.25, 0.3) is 0 Å². The molecule has 0 spiro atoms. The summed E-state index contributed by atoms with van der Waals surface area (Å²) in [6.45, 7) is 0.907. The number of ether oxygens (including phenoxy) is 1. The number of amides is 1. The number of benzene rings is 1. The lowest BCUT2D eigenvalue weighted by molar-refractivity contribution is -0.119. The molecule has 0 saturated carbocycles. The molecule has 1 aromatic heterocycles. The number of methoxy groups -OCH3 is 1. The summed E-state index contributed by atoms with van der Waals surface area (Å²) in [6.07, 6.45) is 3.15. The molecule has 0 radical (unpaired) electrons. The molecule has 2 heterocycles. The molecule has 3 rings (SSSR count). The van der Waals surface area contributed by atoms with Gasteiger partial charge in [-0.1, -0.05) is 28.1 Å². The highest BCUT2D eigenvalue weighted by atomic mass is 79.9. The fourth-order valence-electron chi connectivity index (χ4n) is 2.96. The normalized spacial score (nSPS) is 13.6. The molecule has 30 heavy (non-hydrogen) atoms. The van der Waals surface area contributed by atoms with E-state index in [1.807, 2.05) is 36.5 Å². The van der Waals surface area contributed by atoms with Gasteiger partial charge in [-0.2, -0.15) is 0 Å². The largest absolute Gasteiger partial charge is 0.465 e. The van der Waals surface area contributed by atoms with Crippen LogP contribution in [0.3, 0.4) is 0 Å². The number of hydrogen-bond donors (Lipinski definition) is 0. The van der Waals surface area contributed by atoms with Crippen LogP contribution in [-0.4, -0.2) is 47.2 Å². The first kappa shape index (κ1) is 22.6. The maximum atomic E-state index is 12.4. The lowest BCUT2D eigenvalue weighted by Crippen LogP contribution is -2.45. The zero-order valence-electron chi connectivity index (χ0n) is 16.4. The molecule has 1 aliphatic rings. The van der Waals surface area contributed by atoms with Crippen LogP contribution in [0, 0.1) is 0 Å². The van der Waals surface area contributed by atoms with Gasteiger partial charge in [-0.3, -0.25) is 14.6 Å². The van der Waals surface area contributed by atoms with Crippen molar-refractivity contribution in [3.05, 3.63) is 67.8 Å².